The summed E-state index contributed by atoms with van der Waals surface area (Å²) < 4.78 is 8.33. The van der Waals surface area contributed by atoms with Crippen LogP contribution in [0, 0.1) is 6.92 Å². The van der Waals surface area contributed by atoms with Crippen molar-refractivity contribution in [1.82, 2.24) is 4.57 Å². The zero-order valence-electron chi connectivity index (χ0n) is 12.1. The number of carbonyl (C=O) groups is 1. The number of hydrogen-bond acceptors (Lipinski definition) is 2. The molecule has 2 rings (SSSR count). The van der Waals surface area contributed by atoms with Gasteiger partial charge in [0, 0.05) is 21.6 Å². The van der Waals surface area contributed by atoms with Crippen LogP contribution in [-0.2, 0) is 9.53 Å². The Hall–Kier alpha value is -1.29. The average Bonchev–Trinajstić information content (AvgIpc) is 2.73. The number of carbonyl (C=O) groups excluding carboxylic acids is 1. The number of halogens is 1. The van der Waals surface area contributed by atoms with E-state index in [0.29, 0.717) is 6.61 Å². The summed E-state index contributed by atoms with van der Waals surface area (Å²) >= 11 is 3.50. The lowest BCUT2D eigenvalue weighted by molar-refractivity contribution is -0.147. The number of fused-ring (bicyclic) bond motifs is 1. The van der Waals surface area contributed by atoms with Crippen molar-refractivity contribution in [2.24, 2.45) is 0 Å². The van der Waals surface area contributed by atoms with Gasteiger partial charge in [0.2, 0.25) is 0 Å². The minimum atomic E-state index is -0.239. The smallest absolute Gasteiger partial charge is 0.329 e. The van der Waals surface area contributed by atoms with Crippen LogP contribution in [0.2, 0.25) is 0 Å². The normalized spacial score (nSPS) is 12.6. The first kappa shape index (κ1) is 15.1. The van der Waals surface area contributed by atoms with E-state index in [1.807, 2.05) is 25.3 Å². The Balaban J connectivity index is 2.50. The van der Waals surface area contributed by atoms with Crippen molar-refractivity contribution in [2.75, 3.05) is 6.61 Å². The van der Waals surface area contributed by atoms with Crippen LogP contribution in [0.5, 0.6) is 0 Å². The predicted molar refractivity (Wildman–Crippen MR) is 85.0 cm³/mol. The van der Waals surface area contributed by atoms with E-state index in [0.717, 1.165) is 22.8 Å². The molecule has 0 amide bonds. The molecule has 1 heterocycles. The number of aromatic nitrogens is 1. The highest BCUT2D eigenvalue weighted by molar-refractivity contribution is 9.10. The van der Waals surface area contributed by atoms with E-state index in [2.05, 4.69) is 40.4 Å². The van der Waals surface area contributed by atoms with E-state index in [9.17, 15) is 4.79 Å². The number of esters is 1. The van der Waals surface area contributed by atoms with Crippen LogP contribution >= 0.6 is 15.9 Å². The zero-order chi connectivity index (χ0) is 14.7. The quantitative estimate of drug-likeness (QED) is 0.745. The highest BCUT2D eigenvalue weighted by Crippen LogP contribution is 2.29. The highest BCUT2D eigenvalue weighted by atomic mass is 79.9. The van der Waals surface area contributed by atoms with Crippen LogP contribution in [0.15, 0.2) is 28.9 Å². The first-order valence-electron chi connectivity index (χ1n) is 7.01. The second-order valence-electron chi connectivity index (χ2n) is 4.94. The molecule has 3 nitrogen and oxygen atoms in total. The van der Waals surface area contributed by atoms with Gasteiger partial charge in [-0.05, 0) is 44.0 Å². The maximum Gasteiger partial charge on any atom is 0.329 e. The van der Waals surface area contributed by atoms with Crippen molar-refractivity contribution in [3.8, 4) is 0 Å². The Morgan fingerprint density at radius 1 is 1.40 bits per heavy atom. The first-order chi connectivity index (χ1) is 9.58. The predicted octanol–water partition coefficient (Wildman–Crippen LogP) is 4.62. The molecule has 0 spiro atoms. The first-order valence-corrected chi connectivity index (χ1v) is 7.81. The number of nitrogens with zero attached hydrogens (tertiary/aromatic N) is 1. The van der Waals surface area contributed by atoms with E-state index >= 15 is 0 Å². The van der Waals surface area contributed by atoms with Crippen LogP contribution in [0.3, 0.4) is 0 Å². The molecular formula is C16H20BrNO2. The molecule has 0 bridgehead atoms. The van der Waals surface area contributed by atoms with Crippen molar-refractivity contribution in [3.05, 3.63) is 34.4 Å². The summed E-state index contributed by atoms with van der Waals surface area (Å²) in [5, 5.41) is 1.17. The summed E-state index contributed by atoms with van der Waals surface area (Å²) in [7, 11) is 0. The molecule has 1 aromatic heterocycles. The fraction of sp³-hybridized carbons (Fsp3) is 0.438. The Labute approximate surface area is 128 Å². The second-order valence-corrected chi connectivity index (χ2v) is 5.85. The summed E-state index contributed by atoms with van der Waals surface area (Å²) in [5.74, 6) is -0.144. The standard InChI is InChI=1S/C16H20BrNO2/c1-4-6-15(16(19)20-5-2)18-10-11(3)13-9-12(17)7-8-14(13)18/h7-10,15H,4-6H2,1-3H3. The van der Waals surface area contributed by atoms with Gasteiger partial charge >= 0.3 is 5.97 Å². The number of hydrogen-bond donors (Lipinski definition) is 0. The van der Waals surface area contributed by atoms with E-state index < -0.39 is 0 Å². The lowest BCUT2D eigenvalue weighted by Crippen LogP contribution is -2.21. The van der Waals surface area contributed by atoms with Crippen molar-refractivity contribution in [3.63, 3.8) is 0 Å². The molecule has 0 N–H and O–H groups in total. The van der Waals surface area contributed by atoms with Crippen LogP contribution < -0.4 is 0 Å². The molecule has 0 aliphatic rings. The van der Waals surface area contributed by atoms with Gasteiger partial charge in [-0.3, -0.25) is 0 Å². The van der Waals surface area contributed by atoms with Crippen molar-refractivity contribution >= 4 is 32.8 Å². The molecule has 0 aliphatic carbocycles. The molecule has 1 unspecified atom stereocenters. The Morgan fingerprint density at radius 3 is 2.80 bits per heavy atom. The third-order valence-electron chi connectivity index (χ3n) is 3.45. The zero-order valence-corrected chi connectivity index (χ0v) is 13.7. The van der Waals surface area contributed by atoms with Crippen molar-refractivity contribution in [2.45, 2.75) is 39.7 Å². The number of ether oxygens (including phenoxy) is 1. The maximum absolute atomic E-state index is 12.2. The van der Waals surface area contributed by atoms with E-state index in [-0.39, 0.29) is 12.0 Å². The Kier molecular flexibility index (Phi) is 4.86. The highest BCUT2D eigenvalue weighted by Gasteiger charge is 2.22. The van der Waals surface area contributed by atoms with Crippen LogP contribution in [-0.4, -0.2) is 17.1 Å². The fourth-order valence-electron chi connectivity index (χ4n) is 2.54. The summed E-state index contributed by atoms with van der Waals surface area (Å²) in [6, 6.07) is 5.91. The van der Waals surface area contributed by atoms with Gasteiger partial charge in [-0.1, -0.05) is 29.3 Å². The minimum absolute atomic E-state index is 0.144. The molecule has 0 saturated carbocycles. The number of aryl methyl sites for hydroxylation is 1. The molecule has 20 heavy (non-hydrogen) atoms. The topological polar surface area (TPSA) is 31.2 Å². The van der Waals surface area contributed by atoms with Gasteiger partial charge < -0.3 is 9.30 Å². The molecule has 1 aromatic carbocycles. The molecule has 1 atom stereocenters. The maximum atomic E-state index is 12.2. The van der Waals surface area contributed by atoms with Gasteiger partial charge in [-0.2, -0.15) is 0 Å². The average molecular weight is 338 g/mol. The Bertz CT molecular complexity index is 618. The van der Waals surface area contributed by atoms with Gasteiger partial charge in [-0.25, -0.2) is 4.79 Å². The van der Waals surface area contributed by atoms with Crippen molar-refractivity contribution in [1.29, 1.82) is 0 Å². The SMILES string of the molecule is CCCC(C(=O)OCC)n1cc(C)c2cc(Br)ccc21. The van der Waals surface area contributed by atoms with Crippen LogP contribution in [0.25, 0.3) is 10.9 Å². The molecule has 108 valence electrons. The molecule has 0 saturated heterocycles. The van der Waals surface area contributed by atoms with Crippen LogP contribution in [0.4, 0.5) is 0 Å². The van der Waals surface area contributed by atoms with Crippen LogP contribution in [0.1, 0.15) is 38.3 Å². The van der Waals surface area contributed by atoms with E-state index in [1.165, 1.54) is 10.9 Å². The molecule has 4 heteroatoms. The lowest BCUT2D eigenvalue weighted by Gasteiger charge is -2.18. The lowest BCUT2D eigenvalue weighted by atomic mass is 10.1. The summed E-state index contributed by atoms with van der Waals surface area (Å²) in [4.78, 5) is 12.2. The third-order valence-corrected chi connectivity index (χ3v) is 3.94. The summed E-state index contributed by atoms with van der Waals surface area (Å²) in [6.07, 6.45) is 3.78. The number of benzene rings is 1. The van der Waals surface area contributed by atoms with Gasteiger partial charge in [0.1, 0.15) is 6.04 Å². The van der Waals surface area contributed by atoms with Gasteiger partial charge in [0.25, 0.3) is 0 Å². The molecule has 2 aromatic rings. The third kappa shape index (κ3) is 2.90. The largest absolute Gasteiger partial charge is 0.464 e. The second kappa shape index (κ2) is 6.44. The molecule has 0 radical (unpaired) electrons. The minimum Gasteiger partial charge on any atom is -0.464 e. The fourth-order valence-corrected chi connectivity index (χ4v) is 2.90. The number of rotatable bonds is 5. The van der Waals surface area contributed by atoms with Gasteiger partial charge in [0.15, 0.2) is 0 Å². The molecule has 0 aliphatic heterocycles. The Morgan fingerprint density at radius 2 is 2.15 bits per heavy atom. The molecule has 0 fully saturated rings. The van der Waals surface area contributed by atoms with Gasteiger partial charge in [-0.15, -0.1) is 0 Å². The van der Waals surface area contributed by atoms with E-state index in [4.69, 9.17) is 4.74 Å². The summed E-state index contributed by atoms with van der Waals surface area (Å²) in [5.41, 5.74) is 2.25. The molecular weight excluding hydrogens is 318 g/mol. The van der Waals surface area contributed by atoms with Crippen molar-refractivity contribution < 1.29 is 9.53 Å². The summed E-state index contributed by atoms with van der Waals surface area (Å²) in [6.45, 7) is 6.42. The van der Waals surface area contributed by atoms with Gasteiger partial charge in [0.05, 0.1) is 6.61 Å². The monoisotopic (exact) mass is 337 g/mol. The van der Waals surface area contributed by atoms with E-state index in [1.54, 1.807) is 0 Å².